The summed E-state index contributed by atoms with van der Waals surface area (Å²) in [6.45, 7) is 1.48. The first kappa shape index (κ1) is 18.4. The third-order valence-corrected chi connectivity index (χ3v) is 5.48. The normalized spacial score (nSPS) is 16.1. The summed E-state index contributed by atoms with van der Waals surface area (Å²) in [6, 6.07) is 12.0. The number of aromatic nitrogens is 3. The van der Waals surface area contributed by atoms with E-state index in [9.17, 15) is 4.79 Å². The number of carbonyl (C=O) groups is 1. The van der Waals surface area contributed by atoms with Gasteiger partial charge in [-0.3, -0.25) is 14.7 Å². The van der Waals surface area contributed by atoms with Crippen LogP contribution in [-0.2, 0) is 26.6 Å². The zero-order chi connectivity index (χ0) is 19.5. The van der Waals surface area contributed by atoms with Crippen LogP contribution in [-0.4, -0.2) is 25.3 Å². The third kappa shape index (κ3) is 3.82. The molecule has 144 valence electrons. The number of pyridine rings is 1. The molecule has 0 spiro atoms. The van der Waals surface area contributed by atoms with Crippen LogP contribution in [0.25, 0.3) is 0 Å². The van der Waals surface area contributed by atoms with Crippen LogP contribution in [0.5, 0.6) is 0 Å². The third-order valence-electron chi connectivity index (χ3n) is 5.48. The van der Waals surface area contributed by atoms with Crippen molar-refractivity contribution in [2.75, 3.05) is 0 Å². The highest BCUT2D eigenvalue weighted by atomic mass is 16.1. The van der Waals surface area contributed by atoms with E-state index in [1.54, 1.807) is 6.07 Å². The highest BCUT2D eigenvalue weighted by molar-refractivity contribution is 5.92. The summed E-state index contributed by atoms with van der Waals surface area (Å²) in [6.07, 6.45) is 8.91. The Morgan fingerprint density at radius 3 is 2.96 bits per heavy atom. The highest BCUT2D eigenvalue weighted by Gasteiger charge is 2.28. The first-order chi connectivity index (χ1) is 13.6. The molecular formula is C22H25N5O. The molecule has 0 saturated heterocycles. The lowest BCUT2D eigenvalue weighted by Gasteiger charge is -2.35. The molecule has 1 aliphatic rings. The molecule has 1 aliphatic carbocycles. The van der Waals surface area contributed by atoms with Gasteiger partial charge in [0.15, 0.2) is 0 Å². The van der Waals surface area contributed by atoms with Crippen molar-refractivity contribution in [1.29, 1.82) is 0 Å². The summed E-state index contributed by atoms with van der Waals surface area (Å²) in [7, 11) is 2.02. The minimum atomic E-state index is -0.398. The van der Waals surface area contributed by atoms with Gasteiger partial charge in [-0.1, -0.05) is 18.2 Å². The number of aryl methyl sites for hydroxylation is 2. The predicted octanol–water partition coefficient (Wildman–Crippen LogP) is 2.99. The van der Waals surface area contributed by atoms with Crippen molar-refractivity contribution in [1.82, 2.24) is 19.4 Å². The van der Waals surface area contributed by atoms with E-state index >= 15 is 0 Å². The second-order valence-corrected chi connectivity index (χ2v) is 7.42. The van der Waals surface area contributed by atoms with Crippen molar-refractivity contribution in [2.45, 2.75) is 38.4 Å². The molecule has 1 aromatic carbocycles. The minimum Gasteiger partial charge on any atom is -0.366 e. The second-order valence-electron chi connectivity index (χ2n) is 7.42. The van der Waals surface area contributed by atoms with Crippen LogP contribution in [0.2, 0.25) is 0 Å². The molecule has 6 heteroatoms. The summed E-state index contributed by atoms with van der Waals surface area (Å²) in [4.78, 5) is 23.0. The topological polar surface area (TPSA) is 77.0 Å². The van der Waals surface area contributed by atoms with E-state index in [0.29, 0.717) is 12.1 Å². The first-order valence-electron chi connectivity index (χ1n) is 9.63. The van der Waals surface area contributed by atoms with Gasteiger partial charge < -0.3 is 10.3 Å². The van der Waals surface area contributed by atoms with Gasteiger partial charge in [0, 0.05) is 38.1 Å². The zero-order valence-corrected chi connectivity index (χ0v) is 16.1. The van der Waals surface area contributed by atoms with Gasteiger partial charge in [0.1, 0.15) is 0 Å². The van der Waals surface area contributed by atoms with E-state index in [0.717, 1.165) is 37.1 Å². The van der Waals surface area contributed by atoms with Gasteiger partial charge in [-0.2, -0.15) is 0 Å². The van der Waals surface area contributed by atoms with Gasteiger partial charge >= 0.3 is 0 Å². The maximum atomic E-state index is 11.6. The number of amides is 1. The summed E-state index contributed by atoms with van der Waals surface area (Å²) in [5.74, 6) is -0.398. The largest absolute Gasteiger partial charge is 0.366 e. The Labute approximate surface area is 165 Å². The van der Waals surface area contributed by atoms with Crippen molar-refractivity contribution in [3.05, 3.63) is 83.2 Å². The molecule has 2 heterocycles. The molecule has 0 aliphatic heterocycles. The van der Waals surface area contributed by atoms with E-state index < -0.39 is 5.91 Å². The molecule has 3 aromatic rings. The Hall–Kier alpha value is -2.99. The number of hydrogen-bond donors (Lipinski definition) is 1. The van der Waals surface area contributed by atoms with Crippen LogP contribution in [0.4, 0.5) is 0 Å². The molecule has 2 aromatic heterocycles. The van der Waals surface area contributed by atoms with Gasteiger partial charge in [-0.15, -0.1) is 0 Å². The highest BCUT2D eigenvalue weighted by Crippen LogP contribution is 2.34. The monoisotopic (exact) mass is 375 g/mol. The van der Waals surface area contributed by atoms with Crippen LogP contribution in [0, 0.1) is 0 Å². The fraction of sp³-hybridized carbons (Fsp3) is 0.318. The molecule has 0 saturated carbocycles. The lowest BCUT2D eigenvalue weighted by molar-refractivity contribution is 0.1000. The minimum absolute atomic E-state index is 0.233. The number of imidazole rings is 1. The lowest BCUT2D eigenvalue weighted by Crippen LogP contribution is -2.32. The fourth-order valence-electron chi connectivity index (χ4n) is 4.02. The molecule has 1 amide bonds. The second kappa shape index (κ2) is 7.94. The number of nitrogens with two attached hydrogens (primary N) is 1. The van der Waals surface area contributed by atoms with Crippen LogP contribution >= 0.6 is 0 Å². The molecule has 0 radical (unpaired) electrons. The SMILES string of the molecule is Cn1cncc1CN(Cc1cccc(C(N)=O)c1)C1CCCc2cccnc21. The molecule has 1 unspecified atom stereocenters. The molecular weight excluding hydrogens is 350 g/mol. The van der Waals surface area contributed by atoms with Crippen molar-refractivity contribution in [2.24, 2.45) is 12.8 Å². The Morgan fingerprint density at radius 1 is 1.29 bits per heavy atom. The van der Waals surface area contributed by atoms with Gasteiger partial charge in [0.05, 0.1) is 23.8 Å². The summed E-state index contributed by atoms with van der Waals surface area (Å²) >= 11 is 0. The van der Waals surface area contributed by atoms with Crippen molar-refractivity contribution < 1.29 is 4.79 Å². The van der Waals surface area contributed by atoms with Crippen LogP contribution in [0.3, 0.4) is 0 Å². The zero-order valence-electron chi connectivity index (χ0n) is 16.1. The summed E-state index contributed by atoms with van der Waals surface area (Å²) < 4.78 is 2.05. The van der Waals surface area contributed by atoms with Crippen molar-refractivity contribution in [3.63, 3.8) is 0 Å². The van der Waals surface area contributed by atoms with Crippen LogP contribution < -0.4 is 5.73 Å². The van der Waals surface area contributed by atoms with Gasteiger partial charge in [-0.25, -0.2) is 4.98 Å². The first-order valence-corrected chi connectivity index (χ1v) is 9.63. The average molecular weight is 375 g/mol. The van der Waals surface area contributed by atoms with E-state index in [-0.39, 0.29) is 6.04 Å². The maximum Gasteiger partial charge on any atom is 0.248 e. The summed E-state index contributed by atoms with van der Waals surface area (Å²) in [5.41, 5.74) is 10.7. The van der Waals surface area contributed by atoms with Crippen LogP contribution in [0.1, 0.15) is 51.8 Å². The molecule has 4 rings (SSSR count). The fourth-order valence-corrected chi connectivity index (χ4v) is 4.02. The Morgan fingerprint density at radius 2 is 2.18 bits per heavy atom. The number of rotatable bonds is 6. The number of hydrogen-bond acceptors (Lipinski definition) is 4. The lowest BCUT2D eigenvalue weighted by atomic mass is 9.90. The summed E-state index contributed by atoms with van der Waals surface area (Å²) in [5, 5.41) is 0. The van der Waals surface area contributed by atoms with Crippen molar-refractivity contribution >= 4 is 5.91 Å². The predicted molar refractivity (Wildman–Crippen MR) is 107 cm³/mol. The standard InChI is InChI=1S/C22H25N5O/c1-26-15-24-12-19(26)14-27(13-16-5-2-7-18(11-16)22(23)28)20-9-3-6-17-8-4-10-25-21(17)20/h2,4-5,7-8,10-12,15,20H,3,6,9,13-14H2,1H3,(H2,23,28). The molecule has 6 nitrogen and oxygen atoms in total. The number of fused-ring (bicyclic) bond motifs is 1. The van der Waals surface area contributed by atoms with E-state index in [1.165, 1.54) is 11.3 Å². The van der Waals surface area contributed by atoms with E-state index in [4.69, 9.17) is 10.7 Å². The van der Waals surface area contributed by atoms with E-state index in [2.05, 4.69) is 20.5 Å². The Kier molecular flexibility index (Phi) is 5.21. The Bertz CT molecular complexity index is 980. The van der Waals surface area contributed by atoms with E-state index in [1.807, 2.05) is 50.0 Å². The molecule has 2 N–H and O–H groups in total. The quantitative estimate of drug-likeness (QED) is 0.718. The number of primary amides is 1. The van der Waals surface area contributed by atoms with Crippen molar-refractivity contribution in [3.8, 4) is 0 Å². The smallest absolute Gasteiger partial charge is 0.248 e. The van der Waals surface area contributed by atoms with Gasteiger partial charge in [0.25, 0.3) is 0 Å². The van der Waals surface area contributed by atoms with Gasteiger partial charge in [0.2, 0.25) is 5.91 Å². The number of nitrogens with zero attached hydrogens (tertiary/aromatic N) is 4. The molecule has 0 bridgehead atoms. The molecule has 28 heavy (non-hydrogen) atoms. The number of carbonyl (C=O) groups excluding carboxylic acids is 1. The van der Waals surface area contributed by atoms with Gasteiger partial charge in [-0.05, 0) is 48.6 Å². The number of benzene rings is 1. The average Bonchev–Trinajstić information content (AvgIpc) is 3.12. The molecule has 0 fully saturated rings. The Balaban J connectivity index is 1.68. The maximum absolute atomic E-state index is 11.6. The van der Waals surface area contributed by atoms with Crippen LogP contribution in [0.15, 0.2) is 55.1 Å². The molecule has 1 atom stereocenters.